The highest BCUT2D eigenvalue weighted by molar-refractivity contribution is 5.96. The third-order valence-corrected chi connectivity index (χ3v) is 3.68. The second-order valence-electron chi connectivity index (χ2n) is 5.94. The lowest BCUT2D eigenvalue weighted by Gasteiger charge is -2.15. The van der Waals surface area contributed by atoms with E-state index in [0.717, 1.165) is 5.69 Å². The van der Waals surface area contributed by atoms with Gasteiger partial charge in [0.05, 0.1) is 4.92 Å². The van der Waals surface area contributed by atoms with Crippen LogP contribution in [0.5, 0.6) is 0 Å². The molecule has 6 nitrogen and oxygen atoms in total. The number of nitrogens with one attached hydrogen (secondary N) is 2. The standard InChI is InChI=1S/C18H21N3O3/c1-12(2)14-7-9-15(10-8-14)20-18(22)13(3)19-16-5-4-6-17(11-16)21(23)24/h4-13,19H,1-3H3,(H,20,22)/t13-/m1/s1. The van der Waals surface area contributed by atoms with E-state index in [0.29, 0.717) is 11.6 Å². The van der Waals surface area contributed by atoms with Crippen molar-refractivity contribution in [2.75, 3.05) is 10.6 Å². The van der Waals surface area contributed by atoms with Crippen molar-refractivity contribution < 1.29 is 9.72 Å². The summed E-state index contributed by atoms with van der Waals surface area (Å²) in [6.45, 7) is 5.92. The molecular formula is C18H21N3O3. The van der Waals surface area contributed by atoms with Gasteiger partial charge in [0, 0.05) is 23.5 Å². The molecule has 1 atom stereocenters. The average molecular weight is 327 g/mol. The summed E-state index contributed by atoms with van der Waals surface area (Å²) in [5.41, 5.74) is 2.44. The smallest absolute Gasteiger partial charge is 0.271 e. The SMILES string of the molecule is CC(C)c1ccc(NC(=O)[C@@H](C)Nc2cccc([N+](=O)[O-])c2)cc1. The Balaban J connectivity index is 1.99. The molecule has 0 heterocycles. The zero-order valence-electron chi connectivity index (χ0n) is 13.9. The molecule has 2 aromatic rings. The molecule has 6 heteroatoms. The Bertz CT molecular complexity index is 727. The van der Waals surface area contributed by atoms with Gasteiger partial charge in [-0.2, -0.15) is 0 Å². The van der Waals surface area contributed by atoms with Crippen LogP contribution in [0.4, 0.5) is 17.1 Å². The van der Waals surface area contributed by atoms with Crippen LogP contribution >= 0.6 is 0 Å². The third-order valence-electron chi connectivity index (χ3n) is 3.68. The largest absolute Gasteiger partial charge is 0.374 e. The van der Waals surface area contributed by atoms with Crippen LogP contribution in [-0.2, 0) is 4.79 Å². The van der Waals surface area contributed by atoms with E-state index in [2.05, 4.69) is 24.5 Å². The molecule has 0 fully saturated rings. The van der Waals surface area contributed by atoms with E-state index in [9.17, 15) is 14.9 Å². The van der Waals surface area contributed by atoms with E-state index in [4.69, 9.17) is 0 Å². The molecule has 0 aliphatic rings. The molecule has 0 aliphatic heterocycles. The Morgan fingerprint density at radius 1 is 1.04 bits per heavy atom. The first-order valence-electron chi connectivity index (χ1n) is 7.78. The van der Waals surface area contributed by atoms with Gasteiger partial charge in [-0.1, -0.05) is 32.0 Å². The van der Waals surface area contributed by atoms with E-state index in [1.807, 2.05) is 24.3 Å². The average Bonchev–Trinajstić information content (AvgIpc) is 2.55. The van der Waals surface area contributed by atoms with Gasteiger partial charge >= 0.3 is 0 Å². The Morgan fingerprint density at radius 2 is 1.71 bits per heavy atom. The van der Waals surface area contributed by atoms with Crippen molar-refractivity contribution in [2.45, 2.75) is 32.7 Å². The van der Waals surface area contributed by atoms with Gasteiger partial charge in [0.25, 0.3) is 5.69 Å². The summed E-state index contributed by atoms with van der Waals surface area (Å²) in [6.07, 6.45) is 0. The molecule has 126 valence electrons. The minimum atomic E-state index is -0.531. The molecule has 2 N–H and O–H groups in total. The summed E-state index contributed by atoms with van der Waals surface area (Å²) in [7, 11) is 0. The van der Waals surface area contributed by atoms with Crippen LogP contribution in [0.25, 0.3) is 0 Å². The lowest BCUT2D eigenvalue weighted by Crippen LogP contribution is -2.31. The van der Waals surface area contributed by atoms with E-state index in [1.165, 1.54) is 17.7 Å². The van der Waals surface area contributed by atoms with E-state index in [-0.39, 0.29) is 11.6 Å². The summed E-state index contributed by atoms with van der Waals surface area (Å²) in [5, 5.41) is 16.6. The van der Waals surface area contributed by atoms with Crippen LogP contribution in [0, 0.1) is 10.1 Å². The van der Waals surface area contributed by atoms with Crippen molar-refractivity contribution in [3.8, 4) is 0 Å². The Kier molecular flexibility index (Phi) is 5.52. The Hall–Kier alpha value is -2.89. The van der Waals surface area contributed by atoms with Gasteiger partial charge in [-0.15, -0.1) is 0 Å². The first kappa shape index (κ1) is 17.5. The number of nitro groups is 1. The molecule has 0 radical (unpaired) electrons. The van der Waals surface area contributed by atoms with Crippen LogP contribution < -0.4 is 10.6 Å². The number of hydrogen-bond donors (Lipinski definition) is 2. The number of hydrogen-bond acceptors (Lipinski definition) is 4. The molecule has 24 heavy (non-hydrogen) atoms. The van der Waals surface area contributed by atoms with Gasteiger partial charge in [0.2, 0.25) is 5.91 Å². The van der Waals surface area contributed by atoms with E-state index >= 15 is 0 Å². The normalized spacial score (nSPS) is 11.8. The second-order valence-corrected chi connectivity index (χ2v) is 5.94. The van der Waals surface area contributed by atoms with Crippen molar-refractivity contribution in [3.63, 3.8) is 0 Å². The molecule has 0 unspecified atom stereocenters. The zero-order chi connectivity index (χ0) is 17.7. The minimum Gasteiger partial charge on any atom is -0.374 e. The highest BCUT2D eigenvalue weighted by atomic mass is 16.6. The van der Waals surface area contributed by atoms with Crippen molar-refractivity contribution >= 4 is 23.0 Å². The Labute approximate surface area is 141 Å². The molecule has 0 saturated heterocycles. The molecule has 0 aromatic heterocycles. The highest BCUT2D eigenvalue weighted by Gasteiger charge is 2.14. The van der Waals surface area contributed by atoms with Crippen LogP contribution in [-0.4, -0.2) is 16.9 Å². The van der Waals surface area contributed by atoms with E-state index in [1.54, 1.807) is 19.1 Å². The van der Waals surface area contributed by atoms with Crippen LogP contribution in [0.2, 0.25) is 0 Å². The first-order chi connectivity index (χ1) is 11.4. The van der Waals surface area contributed by atoms with Gasteiger partial charge in [0.15, 0.2) is 0 Å². The number of non-ortho nitro benzene ring substituents is 1. The van der Waals surface area contributed by atoms with Crippen LogP contribution in [0.15, 0.2) is 48.5 Å². The lowest BCUT2D eigenvalue weighted by molar-refractivity contribution is -0.384. The highest BCUT2D eigenvalue weighted by Crippen LogP contribution is 2.19. The molecule has 0 saturated carbocycles. The second kappa shape index (κ2) is 7.59. The number of nitro benzene ring substituents is 1. The summed E-state index contributed by atoms with van der Waals surface area (Å²) in [5.74, 6) is 0.225. The van der Waals surface area contributed by atoms with Crippen LogP contribution in [0.3, 0.4) is 0 Å². The summed E-state index contributed by atoms with van der Waals surface area (Å²) in [6, 6.07) is 13.3. The summed E-state index contributed by atoms with van der Waals surface area (Å²) in [4.78, 5) is 22.6. The molecule has 0 bridgehead atoms. The number of anilines is 2. The van der Waals surface area contributed by atoms with Gasteiger partial charge in [-0.3, -0.25) is 14.9 Å². The quantitative estimate of drug-likeness (QED) is 0.616. The molecule has 2 rings (SSSR count). The molecule has 0 aliphatic carbocycles. The van der Waals surface area contributed by atoms with Gasteiger partial charge in [0.1, 0.15) is 6.04 Å². The predicted molar refractivity (Wildman–Crippen MR) is 95.3 cm³/mol. The lowest BCUT2D eigenvalue weighted by atomic mass is 10.0. The summed E-state index contributed by atoms with van der Waals surface area (Å²) >= 11 is 0. The Morgan fingerprint density at radius 3 is 2.29 bits per heavy atom. The fraction of sp³-hybridized carbons (Fsp3) is 0.278. The monoisotopic (exact) mass is 327 g/mol. The van der Waals surface area contributed by atoms with Crippen LogP contribution in [0.1, 0.15) is 32.3 Å². The van der Waals surface area contributed by atoms with Crippen molar-refractivity contribution in [1.29, 1.82) is 0 Å². The third kappa shape index (κ3) is 4.55. The molecular weight excluding hydrogens is 306 g/mol. The molecule has 0 spiro atoms. The van der Waals surface area contributed by atoms with Gasteiger partial charge < -0.3 is 10.6 Å². The maximum Gasteiger partial charge on any atom is 0.271 e. The molecule has 2 aromatic carbocycles. The van der Waals surface area contributed by atoms with Gasteiger partial charge in [-0.25, -0.2) is 0 Å². The number of rotatable bonds is 6. The van der Waals surface area contributed by atoms with Crippen molar-refractivity contribution in [1.82, 2.24) is 0 Å². The zero-order valence-corrected chi connectivity index (χ0v) is 13.9. The number of amides is 1. The fourth-order valence-corrected chi connectivity index (χ4v) is 2.23. The number of benzene rings is 2. The maximum atomic E-state index is 12.2. The topological polar surface area (TPSA) is 84.3 Å². The van der Waals surface area contributed by atoms with Gasteiger partial charge in [-0.05, 0) is 36.6 Å². The minimum absolute atomic E-state index is 0.0168. The summed E-state index contributed by atoms with van der Waals surface area (Å²) < 4.78 is 0. The van der Waals surface area contributed by atoms with E-state index < -0.39 is 11.0 Å². The predicted octanol–water partition coefficient (Wildman–Crippen LogP) is 4.16. The molecule has 1 amide bonds. The number of carbonyl (C=O) groups is 1. The maximum absolute atomic E-state index is 12.2. The number of carbonyl (C=O) groups excluding carboxylic acids is 1. The first-order valence-corrected chi connectivity index (χ1v) is 7.78. The number of nitrogens with zero attached hydrogens (tertiary/aromatic N) is 1. The van der Waals surface area contributed by atoms with Crippen molar-refractivity contribution in [3.05, 3.63) is 64.2 Å². The van der Waals surface area contributed by atoms with Crippen molar-refractivity contribution in [2.24, 2.45) is 0 Å². The fourth-order valence-electron chi connectivity index (χ4n) is 2.23.